The largest absolute Gasteiger partial charge is 0.573 e. The van der Waals surface area contributed by atoms with E-state index in [9.17, 15) is 34.8 Å². The van der Waals surface area contributed by atoms with E-state index < -0.39 is 38.8 Å². The first-order chi connectivity index (χ1) is 8.32. The zero-order valence-corrected chi connectivity index (χ0v) is 9.53. The van der Waals surface area contributed by atoms with Gasteiger partial charge in [0, 0.05) is 0 Å². The van der Waals surface area contributed by atoms with Crippen molar-refractivity contribution < 1.29 is 39.5 Å². The number of primary sulfonamides is 1. The number of rotatable bonds is 2. The van der Waals surface area contributed by atoms with Crippen LogP contribution in [-0.2, 0) is 16.2 Å². The first-order valence-electron chi connectivity index (χ1n) is 4.31. The molecular weight excluding hydrogens is 304 g/mol. The first-order valence-corrected chi connectivity index (χ1v) is 5.86. The Labute approximate surface area is 102 Å². The number of halogens is 6. The summed E-state index contributed by atoms with van der Waals surface area (Å²) >= 11 is 0. The summed E-state index contributed by atoms with van der Waals surface area (Å²) in [4.78, 5) is -1.50. The van der Waals surface area contributed by atoms with Crippen molar-refractivity contribution in [2.45, 2.75) is 17.4 Å². The van der Waals surface area contributed by atoms with E-state index in [0.717, 1.165) is 0 Å². The molecule has 1 aromatic carbocycles. The highest BCUT2D eigenvalue weighted by Crippen LogP contribution is 2.41. The number of hydrogen-bond donors (Lipinski definition) is 1. The Kier molecular flexibility index (Phi) is 3.74. The van der Waals surface area contributed by atoms with Gasteiger partial charge in [0.1, 0.15) is 11.3 Å². The van der Waals surface area contributed by atoms with Crippen LogP contribution in [0.25, 0.3) is 0 Å². The van der Waals surface area contributed by atoms with Gasteiger partial charge in [0.15, 0.2) is 0 Å². The molecule has 4 nitrogen and oxygen atoms in total. The fourth-order valence-corrected chi connectivity index (χ4v) is 2.01. The van der Waals surface area contributed by atoms with E-state index in [0.29, 0.717) is 18.2 Å². The van der Waals surface area contributed by atoms with Gasteiger partial charge in [0.05, 0.1) is 4.90 Å². The maximum atomic E-state index is 12.6. The summed E-state index contributed by atoms with van der Waals surface area (Å²) in [6.45, 7) is 0. The third-order valence-electron chi connectivity index (χ3n) is 1.80. The molecule has 0 aromatic heterocycles. The van der Waals surface area contributed by atoms with Crippen LogP contribution < -0.4 is 9.88 Å². The van der Waals surface area contributed by atoms with Gasteiger partial charge in [-0.3, -0.25) is 0 Å². The van der Waals surface area contributed by atoms with E-state index >= 15 is 0 Å². The Morgan fingerprint density at radius 3 is 1.95 bits per heavy atom. The summed E-state index contributed by atoms with van der Waals surface area (Å²) in [5.41, 5.74) is -2.10. The molecular formula is C8H5F6NO3S. The Hall–Kier alpha value is -1.49. The fourth-order valence-electron chi connectivity index (χ4n) is 1.24. The number of nitrogens with two attached hydrogens (primary N) is 1. The molecule has 1 rings (SSSR count). The molecule has 0 unspecified atom stereocenters. The molecule has 0 spiro atoms. The second-order valence-corrected chi connectivity index (χ2v) is 4.75. The molecule has 19 heavy (non-hydrogen) atoms. The van der Waals surface area contributed by atoms with Crippen LogP contribution >= 0.6 is 0 Å². The Morgan fingerprint density at radius 2 is 1.58 bits per heavy atom. The molecule has 0 atom stereocenters. The standard InChI is InChI=1S/C8H5F6NO3S/c9-7(10,11)6-4(18-8(12,13)14)2-1-3-5(6)19(15,16)17/h1-3H,(H2,15,16,17). The fraction of sp³-hybridized carbons (Fsp3) is 0.250. The minimum Gasteiger partial charge on any atom is -0.405 e. The van der Waals surface area contributed by atoms with Gasteiger partial charge in [0.2, 0.25) is 10.0 Å². The van der Waals surface area contributed by atoms with Gasteiger partial charge in [-0.15, -0.1) is 13.2 Å². The predicted molar refractivity (Wildman–Crippen MR) is 49.5 cm³/mol. The minimum absolute atomic E-state index is 0.338. The van der Waals surface area contributed by atoms with Crippen LogP contribution in [0.15, 0.2) is 23.1 Å². The Balaban J connectivity index is 3.58. The summed E-state index contributed by atoms with van der Waals surface area (Å²) in [5, 5.41) is 4.52. The van der Waals surface area contributed by atoms with E-state index in [4.69, 9.17) is 0 Å². The molecule has 0 heterocycles. The number of hydrogen-bond acceptors (Lipinski definition) is 3. The highest BCUT2D eigenvalue weighted by molar-refractivity contribution is 7.89. The summed E-state index contributed by atoms with van der Waals surface area (Å²) in [6, 6.07) is 1.42. The molecule has 0 aliphatic carbocycles. The second-order valence-electron chi connectivity index (χ2n) is 3.22. The monoisotopic (exact) mass is 309 g/mol. The van der Waals surface area contributed by atoms with E-state index in [1.165, 1.54) is 0 Å². The lowest BCUT2D eigenvalue weighted by Gasteiger charge is -2.17. The lowest BCUT2D eigenvalue weighted by atomic mass is 10.2. The number of ether oxygens (including phenoxy) is 1. The predicted octanol–water partition coefficient (Wildman–Crippen LogP) is 2.25. The van der Waals surface area contributed by atoms with E-state index in [1.807, 2.05) is 0 Å². The molecule has 1 aromatic rings. The van der Waals surface area contributed by atoms with Crippen LogP contribution in [-0.4, -0.2) is 14.8 Å². The number of benzene rings is 1. The molecule has 0 bridgehead atoms. The Morgan fingerprint density at radius 1 is 1.05 bits per heavy atom. The second kappa shape index (κ2) is 4.56. The minimum atomic E-state index is -5.41. The summed E-state index contributed by atoms with van der Waals surface area (Å²) in [6.07, 6.45) is -10.8. The molecule has 0 saturated carbocycles. The number of alkyl halides is 6. The lowest BCUT2D eigenvalue weighted by molar-refractivity contribution is -0.276. The zero-order chi connectivity index (χ0) is 15.1. The van der Waals surface area contributed by atoms with Gasteiger partial charge in [-0.1, -0.05) is 6.07 Å². The van der Waals surface area contributed by atoms with Crippen molar-refractivity contribution in [1.29, 1.82) is 0 Å². The highest BCUT2D eigenvalue weighted by atomic mass is 32.2. The summed E-state index contributed by atoms with van der Waals surface area (Å²) in [7, 11) is -4.86. The summed E-state index contributed by atoms with van der Waals surface area (Å²) < 4.78 is 98.9. The van der Waals surface area contributed by atoms with Gasteiger partial charge < -0.3 is 4.74 Å². The van der Waals surface area contributed by atoms with E-state index in [-0.39, 0.29) is 0 Å². The highest BCUT2D eigenvalue weighted by Gasteiger charge is 2.43. The van der Waals surface area contributed by atoms with Crippen molar-refractivity contribution in [3.63, 3.8) is 0 Å². The lowest BCUT2D eigenvalue weighted by Crippen LogP contribution is -2.23. The molecule has 2 N–H and O–H groups in total. The van der Waals surface area contributed by atoms with E-state index in [2.05, 4.69) is 9.88 Å². The molecule has 108 valence electrons. The van der Waals surface area contributed by atoms with Crippen LogP contribution in [0.4, 0.5) is 26.3 Å². The molecule has 0 aliphatic rings. The Bertz CT molecular complexity index is 577. The topological polar surface area (TPSA) is 69.4 Å². The van der Waals surface area contributed by atoms with Gasteiger partial charge in [-0.05, 0) is 12.1 Å². The smallest absolute Gasteiger partial charge is 0.405 e. The summed E-state index contributed by atoms with van der Waals surface area (Å²) in [5.74, 6) is -1.69. The molecule has 0 aliphatic heterocycles. The maximum absolute atomic E-state index is 12.6. The normalized spacial score (nSPS) is 13.4. The van der Waals surface area contributed by atoms with Gasteiger partial charge >= 0.3 is 12.5 Å². The molecule has 0 radical (unpaired) electrons. The maximum Gasteiger partial charge on any atom is 0.573 e. The molecule has 11 heteroatoms. The third-order valence-corrected chi connectivity index (χ3v) is 2.76. The average molecular weight is 309 g/mol. The molecule has 0 amide bonds. The van der Waals surface area contributed by atoms with Gasteiger partial charge in [-0.2, -0.15) is 13.2 Å². The van der Waals surface area contributed by atoms with Crippen molar-refractivity contribution in [1.82, 2.24) is 0 Å². The van der Waals surface area contributed by atoms with Gasteiger partial charge in [0.25, 0.3) is 0 Å². The van der Waals surface area contributed by atoms with Crippen molar-refractivity contribution in [3.05, 3.63) is 23.8 Å². The molecule has 0 saturated heterocycles. The van der Waals surface area contributed by atoms with E-state index in [1.54, 1.807) is 0 Å². The van der Waals surface area contributed by atoms with Crippen molar-refractivity contribution in [2.24, 2.45) is 5.14 Å². The SMILES string of the molecule is NS(=O)(=O)c1cccc(OC(F)(F)F)c1C(F)(F)F. The average Bonchev–Trinajstić information content (AvgIpc) is 2.11. The van der Waals surface area contributed by atoms with Crippen LogP contribution in [0.1, 0.15) is 5.56 Å². The first kappa shape index (κ1) is 15.6. The van der Waals surface area contributed by atoms with Gasteiger partial charge in [-0.25, -0.2) is 13.6 Å². The van der Waals surface area contributed by atoms with Crippen LogP contribution in [0.3, 0.4) is 0 Å². The number of sulfonamides is 1. The van der Waals surface area contributed by atoms with Crippen LogP contribution in [0.2, 0.25) is 0 Å². The quantitative estimate of drug-likeness (QED) is 0.852. The van der Waals surface area contributed by atoms with Crippen molar-refractivity contribution >= 4 is 10.0 Å². The van der Waals surface area contributed by atoms with Crippen LogP contribution in [0.5, 0.6) is 5.75 Å². The zero-order valence-electron chi connectivity index (χ0n) is 8.71. The molecule has 0 fully saturated rings. The van der Waals surface area contributed by atoms with Crippen molar-refractivity contribution in [3.8, 4) is 5.75 Å². The van der Waals surface area contributed by atoms with Crippen LogP contribution in [0, 0.1) is 0 Å². The third kappa shape index (κ3) is 3.99. The van der Waals surface area contributed by atoms with Crippen molar-refractivity contribution in [2.75, 3.05) is 0 Å².